The van der Waals surface area contributed by atoms with Crippen molar-refractivity contribution in [3.63, 3.8) is 0 Å². The topological polar surface area (TPSA) is 51.7 Å². The van der Waals surface area contributed by atoms with Crippen LogP contribution in [0.15, 0.2) is 315 Å². The predicted molar refractivity (Wildman–Crippen MR) is 601 cm³/mol. The van der Waals surface area contributed by atoms with Crippen LogP contribution in [0.5, 0.6) is 11.5 Å². The van der Waals surface area contributed by atoms with E-state index in [0.29, 0.717) is 5.56 Å². The van der Waals surface area contributed by atoms with E-state index in [2.05, 4.69) is 476 Å². The molecule has 698 valence electrons. The van der Waals surface area contributed by atoms with Crippen LogP contribution in [0.4, 0.5) is 85.3 Å². The molecule has 0 saturated carbocycles. The van der Waals surface area contributed by atoms with Gasteiger partial charge in [-0.15, -0.1) is 0 Å². The van der Waals surface area contributed by atoms with Gasteiger partial charge in [-0.05, 0) is 261 Å². The van der Waals surface area contributed by atoms with E-state index >= 15 is 4.79 Å². The van der Waals surface area contributed by atoms with Crippen LogP contribution in [0.3, 0.4) is 0 Å². The molecule has 0 amide bonds. The van der Waals surface area contributed by atoms with Crippen molar-refractivity contribution in [2.45, 2.75) is 216 Å². The van der Waals surface area contributed by atoms with Crippen LogP contribution in [0.2, 0.25) is 0 Å². The summed E-state index contributed by atoms with van der Waals surface area (Å²) in [6.07, 6.45) is 0. The fourth-order valence-electron chi connectivity index (χ4n) is 23.0. The fraction of sp³-hybridized carbons (Fsp3) is 0.254. The molecule has 0 spiro atoms. The van der Waals surface area contributed by atoms with Gasteiger partial charge in [0.25, 0.3) is 20.1 Å². The van der Waals surface area contributed by atoms with Crippen molar-refractivity contribution >= 4 is 161 Å². The van der Waals surface area contributed by atoms with E-state index < -0.39 is 19.4 Å². The summed E-state index contributed by atoms with van der Waals surface area (Å²) in [4.78, 5) is 29.8. The summed E-state index contributed by atoms with van der Waals surface area (Å²) in [6, 6.07) is 121. The Hall–Kier alpha value is -14.0. The smallest absolute Gasteiger partial charge is 0.338 e. The Kier molecular flexibility index (Phi) is 20.6. The molecule has 0 unspecified atom stereocenters. The maximum Gasteiger partial charge on any atom is 0.338 e. The second-order valence-electron chi connectivity index (χ2n) is 49.0. The van der Waals surface area contributed by atoms with E-state index in [9.17, 15) is 0 Å². The summed E-state index contributed by atoms with van der Waals surface area (Å²) in [6.45, 7) is 55.6. The number of nitrogens with zero attached hydrogens (tertiary/aromatic N) is 5. The van der Waals surface area contributed by atoms with Gasteiger partial charge >= 0.3 is 5.97 Å². The Balaban J connectivity index is 0.920. The van der Waals surface area contributed by atoms with Crippen LogP contribution < -0.4 is 78.4 Å². The summed E-state index contributed by atoms with van der Waals surface area (Å²) in [7, 11) is 0. The van der Waals surface area contributed by atoms with Gasteiger partial charge in [0.15, 0.2) is 11.5 Å². The quantitative estimate of drug-likeness (QED) is 0.0938. The molecule has 7 heterocycles. The van der Waals surface area contributed by atoms with Crippen molar-refractivity contribution in [2.24, 2.45) is 0 Å². The average Bonchev–Trinajstić information content (AvgIpc) is 0.654. The van der Waals surface area contributed by atoms with Crippen molar-refractivity contribution in [1.82, 2.24) is 0 Å². The molecule has 11 heteroatoms. The zero-order valence-electron chi connectivity index (χ0n) is 86.4. The van der Waals surface area contributed by atoms with Gasteiger partial charge in [0.05, 0.1) is 16.9 Å². The zero-order valence-corrected chi connectivity index (χ0v) is 86.4. The normalized spacial score (nSPS) is 14.2. The Labute approximate surface area is 836 Å². The molecule has 0 radical (unpaired) electrons. The van der Waals surface area contributed by atoms with Gasteiger partial charge in [-0.3, -0.25) is 0 Å². The Morgan fingerprint density at radius 2 is 0.518 bits per heavy atom. The van der Waals surface area contributed by atoms with E-state index in [1.165, 1.54) is 77.5 Å². The molecule has 8 nitrogen and oxygen atoms in total. The molecular formula is C130H126B3N5O3. The minimum absolute atomic E-state index is 0.0909. The first kappa shape index (κ1) is 90.8. The zero-order chi connectivity index (χ0) is 98.5. The van der Waals surface area contributed by atoms with Crippen molar-refractivity contribution < 1.29 is 14.3 Å². The molecule has 7 aliphatic rings. The van der Waals surface area contributed by atoms with E-state index in [1.807, 2.05) is 30.3 Å². The number of fused-ring (bicyclic) bond motifs is 10. The van der Waals surface area contributed by atoms with E-state index in [0.717, 1.165) is 163 Å². The highest BCUT2D eigenvalue weighted by Crippen LogP contribution is 2.62. The second kappa shape index (κ2) is 32.0. The highest BCUT2D eigenvalue weighted by Gasteiger charge is 2.57. The lowest BCUT2D eigenvalue weighted by atomic mass is 9.27. The van der Waals surface area contributed by atoms with Gasteiger partial charge in [-0.1, -0.05) is 397 Å². The molecule has 0 fully saturated rings. The van der Waals surface area contributed by atoms with Crippen molar-refractivity contribution in [1.29, 1.82) is 0 Å². The first-order valence-electron chi connectivity index (χ1n) is 50.8. The van der Waals surface area contributed by atoms with E-state index in [-0.39, 0.29) is 56.6 Å². The first-order chi connectivity index (χ1) is 66.9. The Morgan fingerprint density at radius 3 is 0.844 bits per heavy atom. The number of carbonyl (C=O) groups is 1. The Morgan fingerprint density at radius 1 is 0.241 bits per heavy atom. The molecule has 0 aromatic heterocycles. The number of ether oxygens (including phenoxy) is 2. The monoisotopic (exact) mass is 1840 g/mol. The van der Waals surface area contributed by atoms with Gasteiger partial charge in [0.1, 0.15) is 6.61 Å². The van der Waals surface area contributed by atoms with Gasteiger partial charge in [0.2, 0.25) is 0 Å². The first-order valence-corrected chi connectivity index (χ1v) is 50.8. The molecule has 23 rings (SSSR count). The molecule has 0 N–H and O–H groups in total. The summed E-state index contributed by atoms with van der Waals surface area (Å²) in [5.74, 6) is 1.25. The second-order valence-corrected chi connectivity index (χ2v) is 49.0. The Bertz CT molecular complexity index is 7750. The molecule has 16 aromatic rings. The van der Waals surface area contributed by atoms with Crippen LogP contribution in [0.1, 0.15) is 227 Å². The van der Waals surface area contributed by atoms with Gasteiger partial charge in [-0.2, -0.15) is 0 Å². The summed E-state index contributed by atoms with van der Waals surface area (Å²) in [5, 5.41) is 0. The van der Waals surface area contributed by atoms with Crippen molar-refractivity contribution in [3.8, 4) is 56.0 Å². The van der Waals surface area contributed by atoms with Gasteiger partial charge in [0, 0.05) is 85.1 Å². The van der Waals surface area contributed by atoms with Crippen molar-refractivity contribution in [3.05, 3.63) is 371 Å². The van der Waals surface area contributed by atoms with Gasteiger partial charge < -0.3 is 34.0 Å². The third kappa shape index (κ3) is 15.0. The molecule has 141 heavy (non-hydrogen) atoms. The number of hydrogen-bond acceptors (Lipinski definition) is 8. The van der Waals surface area contributed by atoms with Crippen LogP contribution >= 0.6 is 0 Å². The van der Waals surface area contributed by atoms with Crippen LogP contribution in [0.25, 0.3) is 44.5 Å². The molecule has 0 saturated heterocycles. The van der Waals surface area contributed by atoms with E-state index in [1.54, 1.807) is 0 Å². The van der Waals surface area contributed by atoms with Crippen LogP contribution in [0, 0.1) is 0 Å². The van der Waals surface area contributed by atoms with Crippen molar-refractivity contribution in [2.75, 3.05) is 24.5 Å². The molecule has 7 aliphatic heterocycles. The number of anilines is 15. The van der Waals surface area contributed by atoms with Crippen LogP contribution in [-0.4, -0.2) is 26.1 Å². The van der Waals surface area contributed by atoms with Gasteiger partial charge in [-0.25, -0.2) is 4.79 Å². The highest BCUT2D eigenvalue weighted by atomic mass is 16.5. The third-order valence-electron chi connectivity index (χ3n) is 31.0. The van der Waals surface area contributed by atoms with Crippen LogP contribution in [-0.2, 0) is 54.7 Å². The minimum atomic E-state index is -0.452. The number of rotatable bonds is 11. The minimum Gasteiger partial charge on any atom is -0.457 e. The maximum atomic E-state index is 16.5. The SMILES string of the molecule is CC(C)(C)c1cc(N2c3cc(-c4ccccc4)ccc3B3c4cc5c(cc4N(c4cc(C(C)(C)C)cc(C(C)(C)C)c4)c4cc(C(=O)OCc6ccccc6)cc2c43)N(c2cc(C(C)(C)C)cc(C(C)(C)C)c2)c2cc3c4c6c2B5c2ccc(-c5ccccc5)c5c2N6c2c(ccc(-c6ccccc6)c2O5)B4c2ccc(-c4ccccc4)cc2N3c2cc(C(C)(C)C)cc(C(C)(C)C)c2)cc(C(C)(C)C)c1. The largest absolute Gasteiger partial charge is 0.457 e. The number of carbonyl (C=O) groups excluding carboxylic acids is 1. The molecule has 0 aliphatic carbocycles. The summed E-state index contributed by atoms with van der Waals surface area (Å²) < 4.78 is 15.1. The molecule has 0 bridgehead atoms. The number of hydrogen-bond donors (Lipinski definition) is 0. The maximum absolute atomic E-state index is 16.5. The van der Waals surface area contributed by atoms with E-state index in [4.69, 9.17) is 9.47 Å². The lowest BCUT2D eigenvalue weighted by Crippen LogP contribution is -2.69. The number of esters is 1. The highest BCUT2D eigenvalue weighted by molar-refractivity contribution is 7.06. The lowest BCUT2D eigenvalue weighted by molar-refractivity contribution is 0.0472. The summed E-state index contributed by atoms with van der Waals surface area (Å²) >= 11 is 0. The summed E-state index contributed by atoms with van der Waals surface area (Å²) in [5.41, 5.74) is 44.0. The standard InChI is InChI=1S/C130H126B3N5O3/c1-123(2,3)86-62-87(124(4,5)6)67-94(66-86)134-107-59-84(80-44-34-27-35-45-80)51-55-101(107)132-104-74-105-109(75-108(104)136(96-70-90(127(13,14)15)64-91(71-96)128(16,17)18)111-61-85(60-110(134)114(111)132)122(139)140-77-78-40-30-25-31-41-78)137(97-72-92(129(19,20)21)65-93(73-97)130(22,23)24)113-76-112-115-119-116(113)133(105)103-57-53-99(82-48-38-29-39-49-82)121-118(103)138(119)117-102(56-52-98(120(117)141-121)81-46-36-28-37-47-81)131(115)100-54-50-83(79-42-32-26-33-43-79)58-106(100)135(112)95-68-88(125(7,8)9)63-89(69-95)126(10,11)12/h25-76H,77H2,1-24H3. The fourth-order valence-corrected chi connectivity index (χ4v) is 23.0. The number of benzene rings is 16. The molecule has 16 aromatic carbocycles. The molecule has 0 atom stereocenters. The average molecular weight is 1840 g/mol. The molecular weight excluding hydrogens is 1710 g/mol. The lowest BCUT2D eigenvalue weighted by Gasteiger charge is -2.53. The predicted octanol–water partition coefficient (Wildman–Crippen LogP) is 29.0. The third-order valence-corrected chi connectivity index (χ3v) is 31.0.